The first-order valence-corrected chi connectivity index (χ1v) is 6.22. The van der Waals surface area contributed by atoms with Crippen LogP contribution in [0.3, 0.4) is 0 Å². The molecule has 0 aliphatic carbocycles. The maximum Gasteiger partial charge on any atom is 0.132 e. The summed E-state index contributed by atoms with van der Waals surface area (Å²) in [7, 11) is 0. The van der Waals surface area contributed by atoms with Crippen molar-refractivity contribution < 1.29 is 4.74 Å². The van der Waals surface area contributed by atoms with Crippen LogP contribution in [0.25, 0.3) is 0 Å². The van der Waals surface area contributed by atoms with E-state index in [0.29, 0.717) is 5.02 Å². The Morgan fingerprint density at radius 2 is 1.24 bits per heavy atom. The lowest BCUT2D eigenvalue weighted by Gasteiger charge is -2.07. The lowest BCUT2D eigenvalue weighted by atomic mass is 10.2. The Hall–Kier alpha value is -0.890. The van der Waals surface area contributed by atoms with E-state index in [1.807, 2.05) is 36.4 Å². The van der Waals surface area contributed by atoms with E-state index < -0.39 is 4.84 Å². The zero-order valence-electron chi connectivity index (χ0n) is 8.74. The third kappa shape index (κ3) is 3.53. The maximum atomic E-state index is 5.79. The van der Waals surface area contributed by atoms with Crippen molar-refractivity contribution in [2.45, 2.75) is 4.84 Å². The molecule has 0 atom stereocenters. The van der Waals surface area contributed by atoms with Gasteiger partial charge < -0.3 is 4.74 Å². The molecular formula is C13H9Cl3O. The van der Waals surface area contributed by atoms with Gasteiger partial charge in [-0.3, -0.25) is 0 Å². The monoisotopic (exact) mass is 286 g/mol. The molecule has 0 bridgehead atoms. The second kappa shape index (κ2) is 5.63. The van der Waals surface area contributed by atoms with E-state index in [0.717, 1.165) is 17.1 Å². The summed E-state index contributed by atoms with van der Waals surface area (Å²) in [6, 6.07) is 14.5. The number of benzene rings is 2. The van der Waals surface area contributed by atoms with E-state index in [4.69, 9.17) is 39.5 Å². The number of ether oxygens (including phenoxy) is 1. The minimum absolute atomic E-state index is 0.514. The quantitative estimate of drug-likeness (QED) is 0.667. The highest BCUT2D eigenvalue weighted by Gasteiger charge is 2.03. The van der Waals surface area contributed by atoms with E-state index >= 15 is 0 Å². The van der Waals surface area contributed by atoms with Crippen molar-refractivity contribution in [2.75, 3.05) is 0 Å². The second-order valence-electron chi connectivity index (χ2n) is 3.43. The van der Waals surface area contributed by atoms with Gasteiger partial charge in [-0.25, -0.2) is 0 Å². The van der Waals surface area contributed by atoms with Gasteiger partial charge in [0.05, 0.1) is 0 Å². The molecule has 4 heteroatoms. The van der Waals surface area contributed by atoms with Gasteiger partial charge in [0, 0.05) is 5.02 Å². The van der Waals surface area contributed by atoms with E-state index in [1.54, 1.807) is 12.1 Å². The van der Waals surface area contributed by atoms with Crippen LogP contribution >= 0.6 is 34.8 Å². The number of halogens is 3. The number of hydrogen-bond donors (Lipinski definition) is 0. The second-order valence-corrected chi connectivity index (χ2v) is 4.96. The van der Waals surface area contributed by atoms with Crippen molar-refractivity contribution in [1.82, 2.24) is 0 Å². The van der Waals surface area contributed by atoms with Crippen LogP contribution in [0.5, 0.6) is 11.5 Å². The first-order chi connectivity index (χ1) is 8.15. The number of rotatable bonds is 3. The van der Waals surface area contributed by atoms with Crippen molar-refractivity contribution in [2.24, 2.45) is 0 Å². The summed E-state index contributed by atoms with van der Waals surface area (Å²) >= 11 is 17.3. The molecule has 0 amide bonds. The lowest BCUT2D eigenvalue weighted by molar-refractivity contribution is 0.482. The van der Waals surface area contributed by atoms with E-state index in [-0.39, 0.29) is 0 Å². The van der Waals surface area contributed by atoms with Gasteiger partial charge in [-0.05, 0) is 42.0 Å². The van der Waals surface area contributed by atoms with Crippen LogP contribution in [-0.4, -0.2) is 0 Å². The molecule has 0 aliphatic heterocycles. The molecule has 2 rings (SSSR count). The van der Waals surface area contributed by atoms with Gasteiger partial charge in [0.25, 0.3) is 0 Å². The summed E-state index contributed by atoms with van der Waals surface area (Å²) in [5.74, 6) is 1.46. The van der Waals surface area contributed by atoms with Gasteiger partial charge >= 0.3 is 0 Å². The van der Waals surface area contributed by atoms with Crippen LogP contribution in [0.4, 0.5) is 0 Å². The molecule has 2 aromatic carbocycles. The normalized spacial score (nSPS) is 10.6. The third-order valence-electron chi connectivity index (χ3n) is 2.18. The molecule has 0 radical (unpaired) electrons. The van der Waals surface area contributed by atoms with Crippen LogP contribution in [0.1, 0.15) is 10.4 Å². The average Bonchev–Trinajstić information content (AvgIpc) is 2.33. The molecule has 0 spiro atoms. The van der Waals surface area contributed by atoms with Crippen molar-refractivity contribution in [3.8, 4) is 11.5 Å². The summed E-state index contributed by atoms with van der Waals surface area (Å²) in [5, 5.41) is 0.680. The predicted octanol–water partition coefficient (Wildman–Crippen LogP) is 5.61. The Kier molecular flexibility index (Phi) is 4.16. The first-order valence-electron chi connectivity index (χ1n) is 4.97. The van der Waals surface area contributed by atoms with Gasteiger partial charge in [-0.2, -0.15) is 0 Å². The minimum Gasteiger partial charge on any atom is -0.457 e. The molecule has 0 heterocycles. The van der Waals surface area contributed by atoms with Crippen LogP contribution in [-0.2, 0) is 0 Å². The summed E-state index contributed by atoms with van der Waals surface area (Å²) < 4.78 is 5.62. The summed E-state index contributed by atoms with van der Waals surface area (Å²) in [6.07, 6.45) is 0. The molecule has 0 unspecified atom stereocenters. The van der Waals surface area contributed by atoms with Gasteiger partial charge in [0.2, 0.25) is 0 Å². The standard InChI is InChI=1S/C13H9Cl3O/c14-10-3-7-12(8-4-10)17-11-5-1-9(2-6-11)13(15)16/h1-8,13H. The molecule has 0 fully saturated rings. The zero-order chi connectivity index (χ0) is 12.3. The molecule has 17 heavy (non-hydrogen) atoms. The maximum absolute atomic E-state index is 5.79. The van der Waals surface area contributed by atoms with Crippen LogP contribution in [0, 0.1) is 0 Å². The Morgan fingerprint density at radius 1 is 0.765 bits per heavy atom. The topological polar surface area (TPSA) is 9.23 Å². The van der Waals surface area contributed by atoms with Crippen molar-refractivity contribution >= 4 is 34.8 Å². The predicted molar refractivity (Wildman–Crippen MR) is 72.4 cm³/mol. The highest BCUT2D eigenvalue weighted by Crippen LogP contribution is 2.28. The molecule has 0 aromatic heterocycles. The molecular weight excluding hydrogens is 279 g/mol. The Bertz CT molecular complexity index is 477. The number of alkyl halides is 2. The Labute approximate surface area is 115 Å². The number of hydrogen-bond acceptors (Lipinski definition) is 1. The molecule has 0 aliphatic rings. The fourth-order valence-electron chi connectivity index (χ4n) is 1.32. The third-order valence-corrected chi connectivity index (χ3v) is 2.94. The molecule has 1 nitrogen and oxygen atoms in total. The lowest BCUT2D eigenvalue weighted by Crippen LogP contribution is -1.85. The van der Waals surface area contributed by atoms with E-state index in [1.165, 1.54) is 0 Å². The zero-order valence-corrected chi connectivity index (χ0v) is 11.0. The first kappa shape index (κ1) is 12.6. The average molecular weight is 288 g/mol. The highest BCUT2D eigenvalue weighted by molar-refractivity contribution is 6.44. The smallest absolute Gasteiger partial charge is 0.132 e. The van der Waals surface area contributed by atoms with Crippen LogP contribution in [0.2, 0.25) is 5.02 Å². The molecule has 88 valence electrons. The van der Waals surface area contributed by atoms with Crippen molar-refractivity contribution in [1.29, 1.82) is 0 Å². The van der Waals surface area contributed by atoms with Crippen LogP contribution < -0.4 is 4.74 Å². The summed E-state index contributed by atoms with van der Waals surface area (Å²) in [6.45, 7) is 0. The summed E-state index contributed by atoms with van der Waals surface area (Å²) in [5.41, 5.74) is 0.844. The fourth-order valence-corrected chi connectivity index (χ4v) is 1.74. The minimum atomic E-state index is -0.514. The molecule has 2 aromatic rings. The Morgan fingerprint density at radius 3 is 1.71 bits per heavy atom. The van der Waals surface area contributed by atoms with Gasteiger partial charge in [-0.1, -0.05) is 23.7 Å². The molecule has 0 saturated carbocycles. The fraction of sp³-hybridized carbons (Fsp3) is 0.0769. The molecule has 0 N–H and O–H groups in total. The molecule has 0 saturated heterocycles. The highest BCUT2D eigenvalue weighted by atomic mass is 35.5. The van der Waals surface area contributed by atoms with E-state index in [9.17, 15) is 0 Å². The van der Waals surface area contributed by atoms with Crippen molar-refractivity contribution in [3.05, 3.63) is 59.1 Å². The largest absolute Gasteiger partial charge is 0.457 e. The SMILES string of the molecule is Clc1ccc(Oc2ccc(C(Cl)Cl)cc2)cc1. The van der Waals surface area contributed by atoms with Gasteiger partial charge in [0.15, 0.2) is 0 Å². The van der Waals surface area contributed by atoms with E-state index in [2.05, 4.69) is 0 Å². The van der Waals surface area contributed by atoms with Gasteiger partial charge in [0.1, 0.15) is 16.3 Å². The van der Waals surface area contributed by atoms with Crippen molar-refractivity contribution in [3.63, 3.8) is 0 Å². The van der Waals surface area contributed by atoms with Crippen LogP contribution in [0.15, 0.2) is 48.5 Å². The summed E-state index contributed by atoms with van der Waals surface area (Å²) in [4.78, 5) is -0.514. The van der Waals surface area contributed by atoms with Gasteiger partial charge in [-0.15, -0.1) is 23.2 Å². The Balaban J connectivity index is 2.11.